The third-order valence-electron chi connectivity index (χ3n) is 3.02. The van der Waals surface area contributed by atoms with Gasteiger partial charge < -0.3 is 15.2 Å². The number of Topliss-reactive ketones (excluding diaryl/α,β-unsaturated/α-hetero) is 1. The monoisotopic (exact) mass is 329 g/mol. The van der Waals surface area contributed by atoms with Crippen LogP contribution in [0.5, 0.6) is 0 Å². The van der Waals surface area contributed by atoms with Gasteiger partial charge in [0, 0.05) is 5.56 Å². The van der Waals surface area contributed by atoms with Crippen LogP contribution in [0.4, 0.5) is 18.9 Å². The van der Waals surface area contributed by atoms with Crippen molar-refractivity contribution in [2.24, 2.45) is 0 Å². The molecule has 0 spiro atoms. The molecule has 1 unspecified atom stereocenters. The minimum absolute atomic E-state index is 0.171. The van der Waals surface area contributed by atoms with Gasteiger partial charge in [-0.15, -0.1) is 0 Å². The van der Waals surface area contributed by atoms with Crippen LogP contribution in [0, 0.1) is 0 Å². The summed E-state index contributed by atoms with van der Waals surface area (Å²) in [4.78, 5) is 23.2. The Kier molecular flexibility index (Phi) is 4.46. The molecule has 124 valence electrons. The van der Waals surface area contributed by atoms with Crippen LogP contribution in [0.25, 0.3) is 5.76 Å². The second-order valence-electron chi connectivity index (χ2n) is 5.19. The van der Waals surface area contributed by atoms with Gasteiger partial charge >= 0.3 is 12.1 Å². The van der Waals surface area contributed by atoms with Gasteiger partial charge in [-0.2, -0.15) is 13.2 Å². The smallest absolute Gasteiger partial charge is 0.471 e. The number of carbonyl (C=O) groups excluding carboxylic acids is 2. The van der Waals surface area contributed by atoms with E-state index in [9.17, 15) is 27.9 Å². The molecule has 1 amide bonds. The van der Waals surface area contributed by atoms with Gasteiger partial charge in [0.1, 0.15) is 11.9 Å². The summed E-state index contributed by atoms with van der Waals surface area (Å²) in [6.45, 7) is 3.44. The fourth-order valence-corrected chi connectivity index (χ4v) is 2.13. The second kappa shape index (κ2) is 6.04. The maximum absolute atomic E-state index is 12.4. The second-order valence-corrected chi connectivity index (χ2v) is 5.19. The van der Waals surface area contributed by atoms with Crippen LogP contribution in [0.15, 0.2) is 24.3 Å². The lowest BCUT2D eigenvalue weighted by Gasteiger charge is -2.24. The highest BCUT2D eigenvalue weighted by molar-refractivity contribution is 6.13. The summed E-state index contributed by atoms with van der Waals surface area (Å²) in [7, 11) is 0. The Morgan fingerprint density at radius 1 is 1.35 bits per heavy atom. The predicted octanol–water partition coefficient (Wildman–Crippen LogP) is 2.51. The molecule has 8 heteroatoms. The van der Waals surface area contributed by atoms with E-state index in [2.05, 4.69) is 0 Å². The van der Waals surface area contributed by atoms with Crippen LogP contribution >= 0.6 is 0 Å². The number of benzene rings is 1. The van der Waals surface area contributed by atoms with E-state index in [-0.39, 0.29) is 28.7 Å². The van der Waals surface area contributed by atoms with Gasteiger partial charge in [-0.1, -0.05) is 12.1 Å². The number of fused-ring (bicyclic) bond motifs is 1. The molecule has 1 aromatic carbocycles. The number of nitrogens with one attached hydrogen (secondary N) is 1. The Hall–Kier alpha value is -2.35. The van der Waals surface area contributed by atoms with E-state index in [0.717, 1.165) is 6.07 Å². The van der Waals surface area contributed by atoms with Crippen molar-refractivity contribution >= 4 is 23.1 Å². The van der Waals surface area contributed by atoms with Gasteiger partial charge in [-0.3, -0.25) is 9.59 Å². The Balaban J connectivity index is 2.49. The van der Waals surface area contributed by atoms with E-state index < -0.39 is 24.0 Å². The van der Waals surface area contributed by atoms with Crippen LogP contribution in [0.3, 0.4) is 0 Å². The van der Waals surface area contributed by atoms with Gasteiger partial charge in [-0.25, -0.2) is 0 Å². The number of hydrogen-bond acceptors (Lipinski definition) is 4. The summed E-state index contributed by atoms with van der Waals surface area (Å²) in [6.07, 6.45) is -5.74. The first kappa shape index (κ1) is 17.0. The molecule has 5 nitrogen and oxygen atoms in total. The number of carbonyl (C=O) groups is 2. The number of hydrogen-bond donors (Lipinski definition) is 2. The molecule has 0 fully saturated rings. The minimum Gasteiger partial charge on any atom is -0.491 e. The summed E-state index contributed by atoms with van der Waals surface area (Å²) >= 11 is 0. The quantitative estimate of drug-likeness (QED) is 0.893. The first-order valence-electron chi connectivity index (χ1n) is 6.73. The molecule has 0 aliphatic heterocycles. The molecule has 2 rings (SSSR count). The summed E-state index contributed by atoms with van der Waals surface area (Å²) in [5.41, 5.74) is -0.323. The highest BCUT2D eigenvalue weighted by Gasteiger charge is 2.40. The predicted molar refractivity (Wildman–Crippen MR) is 75.7 cm³/mol. The van der Waals surface area contributed by atoms with Gasteiger partial charge in [-0.05, 0) is 26.0 Å². The van der Waals surface area contributed by atoms with Crippen LogP contribution in [0.2, 0.25) is 0 Å². The number of ether oxygens (including phenoxy) is 1. The normalized spacial score (nSPS) is 17.6. The van der Waals surface area contributed by atoms with Crippen molar-refractivity contribution in [2.75, 3.05) is 5.32 Å². The zero-order valence-corrected chi connectivity index (χ0v) is 12.3. The van der Waals surface area contributed by atoms with E-state index >= 15 is 0 Å². The first-order valence-corrected chi connectivity index (χ1v) is 6.73. The van der Waals surface area contributed by atoms with Crippen LogP contribution < -0.4 is 5.32 Å². The number of ketones is 1. The molecule has 0 aromatic heterocycles. The first-order chi connectivity index (χ1) is 10.6. The third-order valence-corrected chi connectivity index (χ3v) is 3.02. The van der Waals surface area contributed by atoms with Crippen molar-refractivity contribution in [3.63, 3.8) is 0 Å². The summed E-state index contributed by atoms with van der Waals surface area (Å²) in [5, 5.41) is 11.4. The average Bonchev–Trinajstić information content (AvgIpc) is 2.42. The standard InChI is InChI=1S/C15H14F3NO4/c1-7(2)23-11-6-10(20)13(21)12-8(11)4-3-5-9(12)19-14(22)15(16,17)18/h3-7,10,20H,1-2H3,(H,19,22). The van der Waals surface area contributed by atoms with Crippen molar-refractivity contribution in [2.45, 2.75) is 32.2 Å². The van der Waals surface area contributed by atoms with Gasteiger partial charge in [0.15, 0.2) is 5.78 Å². The lowest BCUT2D eigenvalue weighted by molar-refractivity contribution is -0.167. The number of rotatable bonds is 3. The van der Waals surface area contributed by atoms with Gasteiger partial charge in [0.05, 0.1) is 17.4 Å². The number of amides is 1. The number of aliphatic hydroxyl groups is 1. The van der Waals surface area contributed by atoms with Crippen LogP contribution in [0.1, 0.15) is 29.8 Å². The molecule has 0 saturated carbocycles. The van der Waals surface area contributed by atoms with Crippen molar-refractivity contribution < 1.29 is 32.6 Å². The molecule has 1 aliphatic carbocycles. The SMILES string of the molecule is CC(C)OC1=CC(O)C(=O)c2c(NC(=O)C(F)(F)F)cccc21. The fraction of sp³-hybridized carbons (Fsp3) is 0.333. The van der Waals surface area contributed by atoms with Crippen molar-refractivity contribution in [1.82, 2.24) is 0 Å². The maximum Gasteiger partial charge on any atom is 0.471 e. The fourth-order valence-electron chi connectivity index (χ4n) is 2.13. The minimum atomic E-state index is -5.09. The van der Waals surface area contributed by atoms with Gasteiger partial charge in [0.25, 0.3) is 0 Å². The molecule has 1 aliphatic rings. The number of halogens is 3. The molecular formula is C15H14F3NO4. The summed E-state index contributed by atoms with van der Waals surface area (Å²) < 4.78 is 42.7. The zero-order valence-electron chi connectivity index (χ0n) is 12.3. The van der Waals surface area contributed by atoms with E-state index in [4.69, 9.17) is 4.74 Å². The lowest BCUT2D eigenvalue weighted by atomic mass is 9.91. The highest BCUT2D eigenvalue weighted by Crippen LogP contribution is 2.33. The summed E-state index contributed by atoms with van der Waals surface area (Å²) in [5.74, 6) is -2.84. The molecule has 0 bridgehead atoms. The molecule has 0 heterocycles. The van der Waals surface area contributed by atoms with Crippen molar-refractivity contribution in [3.05, 3.63) is 35.4 Å². The maximum atomic E-state index is 12.4. The third kappa shape index (κ3) is 3.53. The molecule has 23 heavy (non-hydrogen) atoms. The molecule has 1 aromatic rings. The molecular weight excluding hydrogens is 315 g/mol. The number of aliphatic hydroxyl groups excluding tert-OH is 1. The topological polar surface area (TPSA) is 75.6 Å². The van der Waals surface area contributed by atoms with Crippen LogP contribution in [-0.4, -0.2) is 35.2 Å². The van der Waals surface area contributed by atoms with Gasteiger partial charge in [0.2, 0.25) is 0 Å². The Labute approximate surface area is 129 Å². The molecule has 0 radical (unpaired) electrons. The van der Waals surface area contributed by atoms with Crippen molar-refractivity contribution in [3.8, 4) is 0 Å². The Morgan fingerprint density at radius 3 is 2.57 bits per heavy atom. The van der Waals surface area contributed by atoms with Crippen molar-refractivity contribution in [1.29, 1.82) is 0 Å². The van der Waals surface area contributed by atoms with E-state index in [1.54, 1.807) is 19.2 Å². The Bertz CT molecular complexity index is 680. The number of anilines is 1. The van der Waals surface area contributed by atoms with Crippen LogP contribution in [-0.2, 0) is 9.53 Å². The molecule has 2 N–H and O–H groups in total. The largest absolute Gasteiger partial charge is 0.491 e. The number of alkyl halides is 3. The molecule has 1 atom stereocenters. The average molecular weight is 329 g/mol. The van der Waals surface area contributed by atoms with E-state index in [1.807, 2.05) is 0 Å². The highest BCUT2D eigenvalue weighted by atomic mass is 19.4. The zero-order chi connectivity index (χ0) is 17.4. The Morgan fingerprint density at radius 2 is 2.00 bits per heavy atom. The van der Waals surface area contributed by atoms with E-state index in [1.165, 1.54) is 18.2 Å². The summed E-state index contributed by atoms with van der Waals surface area (Å²) in [6, 6.07) is 4.01. The lowest BCUT2D eigenvalue weighted by Crippen LogP contribution is -2.32. The molecule has 0 saturated heterocycles. The van der Waals surface area contributed by atoms with E-state index in [0.29, 0.717) is 0 Å².